The van der Waals surface area contributed by atoms with Gasteiger partial charge < -0.3 is 58.0 Å². The third-order valence-electron chi connectivity index (χ3n) is 27.3. The zero-order valence-corrected chi connectivity index (χ0v) is 103. The van der Waals surface area contributed by atoms with Gasteiger partial charge in [0.15, 0.2) is 16.6 Å². The maximum Gasteiger partial charge on any atom is 2.00 e. The monoisotopic (exact) mass is 2280 g/mol. The molecular weight excluding hydrogens is 2160 g/mol. The number of aromatic nitrogens is 12. The van der Waals surface area contributed by atoms with Gasteiger partial charge in [-0.15, -0.1) is 66.2 Å². The Morgan fingerprint density at radius 1 is 0.307 bits per heavy atom. The van der Waals surface area contributed by atoms with E-state index in [9.17, 15) is 23.9 Å². The summed E-state index contributed by atoms with van der Waals surface area (Å²) in [6, 6.07) is 61.5. The largest absolute Gasteiger partial charge is 2.00 e. The maximum absolute atomic E-state index is 12.7. The van der Waals surface area contributed by atoms with Gasteiger partial charge in [0.1, 0.15) is 0 Å². The van der Waals surface area contributed by atoms with Crippen molar-refractivity contribution in [3.63, 3.8) is 0 Å². The van der Waals surface area contributed by atoms with E-state index in [1.54, 1.807) is 0 Å². The maximum atomic E-state index is 12.7. The topological polar surface area (TPSA) is 346 Å². The molecule has 2 N–H and O–H groups in total. The minimum Gasteiger partial charge on any atom is -0.657 e. The molecule has 27 nitrogen and oxygen atoms in total. The fourth-order valence-corrected chi connectivity index (χ4v) is 20.9. The Hall–Kier alpha value is -9.74. The molecule has 0 saturated heterocycles. The van der Waals surface area contributed by atoms with E-state index in [4.69, 9.17) is 107 Å². The summed E-state index contributed by atoms with van der Waals surface area (Å²) in [6.45, 7) is 27.6. The summed E-state index contributed by atoms with van der Waals surface area (Å²) in [5.74, 6) is -0.270. The minimum atomic E-state index is -3.74. The van der Waals surface area contributed by atoms with Crippen LogP contribution in [-0.2, 0) is 117 Å². The summed E-state index contributed by atoms with van der Waals surface area (Å²) in [4.78, 5) is 60.3. The molecule has 150 heavy (non-hydrogen) atoms. The Morgan fingerprint density at radius 3 is 0.753 bits per heavy atom. The summed E-state index contributed by atoms with van der Waals surface area (Å²) in [5.41, 5.74) is 32.1. The van der Waals surface area contributed by atoms with Crippen LogP contribution in [0.2, 0.25) is 36.3 Å². The summed E-state index contributed by atoms with van der Waals surface area (Å²) in [6.07, 6.45) is 27.6. The molecule has 0 amide bonds. The molecule has 0 fully saturated rings. The van der Waals surface area contributed by atoms with Crippen LogP contribution < -0.4 is 29.9 Å². The summed E-state index contributed by atoms with van der Waals surface area (Å²) < 4.78 is 88.6. The van der Waals surface area contributed by atoms with Gasteiger partial charge in [-0.05, 0) is 236 Å². The molecule has 24 bridgehead atoms. The van der Waals surface area contributed by atoms with Crippen LogP contribution in [0, 0.1) is 20.8 Å². The van der Waals surface area contributed by atoms with E-state index in [-0.39, 0.29) is 113 Å². The average molecular weight is 2290 g/mol. The Labute approximate surface area is 923 Å². The number of phosphoric ester groups is 2. The quantitative estimate of drug-likeness (QED) is 0.0292. The summed E-state index contributed by atoms with van der Waals surface area (Å²) in [5, 5.41) is 19.8. The smallest absolute Gasteiger partial charge is 0.657 e. The predicted molar refractivity (Wildman–Crippen MR) is 600 cm³/mol. The Kier molecular flexibility index (Phi) is 41.6. The molecule has 0 aliphatic carbocycles. The zero-order chi connectivity index (χ0) is 105. The average Bonchev–Trinajstić information content (AvgIpc) is 1.64. The van der Waals surface area contributed by atoms with Crippen molar-refractivity contribution in [1.29, 1.82) is 0 Å². The number of nitrogens with zero attached hydrogens (tertiary/aromatic N) is 12. The molecule has 6 aliphatic heterocycles. The third-order valence-corrected chi connectivity index (χ3v) is 40.9. The van der Waals surface area contributed by atoms with Gasteiger partial charge in [-0.25, -0.2) is 43.6 Å². The van der Waals surface area contributed by atoms with Gasteiger partial charge in [-0.2, -0.15) is 0 Å². The fraction of sp³-hybridized carbons (Fsp3) is 0.316. The molecule has 0 saturated carbocycles. The number of phosphoric acid groups is 2. The van der Waals surface area contributed by atoms with Gasteiger partial charge >= 0.3 is 81.0 Å². The minimum absolute atomic E-state index is 0. The van der Waals surface area contributed by atoms with Crippen molar-refractivity contribution >= 4 is 190 Å². The van der Waals surface area contributed by atoms with Crippen LogP contribution in [0.25, 0.3) is 172 Å². The van der Waals surface area contributed by atoms with Crippen molar-refractivity contribution in [3.8, 4) is 33.4 Å². The second-order valence-corrected chi connectivity index (χ2v) is 55.7. The first-order valence-corrected chi connectivity index (χ1v) is 60.3. The van der Waals surface area contributed by atoms with Crippen molar-refractivity contribution in [3.05, 3.63) is 284 Å². The number of aliphatic hydroxyl groups is 2. The van der Waals surface area contributed by atoms with E-state index in [0.717, 1.165) is 175 Å². The molecule has 0 atom stereocenters. The Balaban J connectivity index is 0.000000193. The van der Waals surface area contributed by atoms with Crippen molar-refractivity contribution in [2.75, 3.05) is 82.3 Å². The normalized spacial score (nSPS) is 12.9. The van der Waals surface area contributed by atoms with Gasteiger partial charge in [-0.1, -0.05) is 240 Å². The summed E-state index contributed by atoms with van der Waals surface area (Å²) in [7, 11) is -3.88. The first-order chi connectivity index (χ1) is 70.3. The van der Waals surface area contributed by atoms with E-state index in [1.165, 1.54) is 59.3 Å². The van der Waals surface area contributed by atoms with Crippen LogP contribution in [0.15, 0.2) is 182 Å². The summed E-state index contributed by atoms with van der Waals surface area (Å²) >= 11 is 5.02. The Morgan fingerprint density at radius 2 is 0.527 bits per heavy atom. The first kappa shape index (κ1) is 119. The van der Waals surface area contributed by atoms with Crippen molar-refractivity contribution in [2.45, 2.75) is 155 Å². The predicted octanol–water partition coefficient (Wildman–Crippen LogP) is 27.7. The van der Waals surface area contributed by atoms with Crippen LogP contribution in [0.3, 0.4) is 0 Å². The number of fused-ring (bicyclic) bond motifs is 24. The first-order valence-electron chi connectivity index (χ1n) is 49.1. The Bertz CT molecular complexity index is 7600. The number of halogens is 1. The van der Waals surface area contributed by atoms with Crippen LogP contribution in [0.5, 0.6) is 0 Å². The molecule has 9 aromatic heterocycles. The number of aryl methyl sites for hydroxylation is 3. The van der Waals surface area contributed by atoms with Crippen molar-refractivity contribution in [1.82, 2.24) is 59.8 Å². The number of benzene rings is 3. The molecule has 6 aliphatic rings. The molecule has 12 aromatic rings. The van der Waals surface area contributed by atoms with E-state index in [0.29, 0.717) is 61.3 Å². The van der Waals surface area contributed by atoms with Crippen LogP contribution in [0.1, 0.15) is 200 Å². The molecular formula is C114H128ClN12O15P3Si2Zn3. The van der Waals surface area contributed by atoms with E-state index < -0.39 is 39.2 Å². The molecule has 0 unspecified atom stereocenters. The standard InChI is InChI=1S/C44H56N4O2Si2.C36H38N4O8P2.C32H28N4O2.C2H6ClO3P.3Zn/c1-30-12-14-31(15-13-30)41-37-20-16-33(45-37)28-35-18-22-39(47-35)42(40-23-19-36(48-40)29-34-17-21-38(41)46-34)32(24-26-49-51(8,9)43(2,3)4)25-27-50-52(10,11)44(5,6)7;1-24-6-8-25(9-7-24)35-31-14-10-27(37-31)22-29-12-16-33(39-29)36(34-17-13-30(40-34)23-28-11-15-32(35)38-28)26(18-20-47-49(41,43-2)44-3)19-21-48-50(42,45-4)46-5;1-20-2-4-21(5-3-20)31-27-10-6-23(33-27)18-25-8-12-29(35-25)32(22(14-16-37)15-17-38)30-13-9-26(36-30)19-24-7-11-28(31)34-24;1-5-7(3,4)6-2;;;/h12-23,28-29,32H,24-27H2,1-11H3;6-17,22-23,26H,18-21H2,1-5H3;2-13,18-19,22,37-38H,14-17H2,1H3;1-2H3;;;/q3*-2;;3*+2. The molecule has 3 aromatic carbocycles. The van der Waals surface area contributed by atoms with Gasteiger partial charge in [-0.3, -0.25) is 27.1 Å². The van der Waals surface area contributed by atoms with Crippen LogP contribution in [0.4, 0.5) is 0 Å². The zero-order valence-electron chi connectivity index (χ0n) is 88.9. The van der Waals surface area contributed by atoms with Gasteiger partial charge in [0, 0.05) is 80.3 Å². The van der Waals surface area contributed by atoms with E-state index >= 15 is 0 Å². The van der Waals surface area contributed by atoms with Crippen molar-refractivity contribution < 1.29 is 127 Å². The molecule has 0 radical (unpaired) electrons. The van der Waals surface area contributed by atoms with Crippen LogP contribution >= 0.6 is 33.8 Å². The molecule has 15 heterocycles. The fourth-order valence-electron chi connectivity index (χ4n) is 17.2. The van der Waals surface area contributed by atoms with Crippen molar-refractivity contribution in [2.24, 2.45) is 0 Å². The second-order valence-electron chi connectivity index (χ2n) is 39.5. The second kappa shape index (κ2) is 52.5. The van der Waals surface area contributed by atoms with Gasteiger partial charge in [0.2, 0.25) is 0 Å². The number of hydrogen-bond acceptors (Lipinski definition) is 21. The third kappa shape index (κ3) is 30.1. The van der Waals surface area contributed by atoms with E-state index in [2.05, 4.69) is 231 Å². The van der Waals surface area contributed by atoms with Gasteiger partial charge in [0.25, 0.3) is 0 Å². The van der Waals surface area contributed by atoms with Gasteiger partial charge in [0.05, 0.1) is 81.5 Å². The van der Waals surface area contributed by atoms with E-state index in [1.807, 2.05) is 121 Å². The van der Waals surface area contributed by atoms with Crippen LogP contribution in [-0.4, -0.2) is 139 Å². The SMILES string of the molecule is COP(=O)(Cl)OC.COP(=O)(OC)OCCC(CCOP(=O)(OC)OC)c1c2nc(cc3ccc([n-]3)c(-c3ccc(C)cc3)c3nc(cc4ccc1[n-]4)C=C3)C=C2.Cc1ccc(-c2c3nc(cc4ccc([n-]4)c(C(CCO)CCO)c4nc(cc5ccc2[n-]5)C=C4)C=C3)cc1.Cc1ccc(-c2c3nc(cc4ccc([n-]4)c(C(CCO[Si](C)(C)C(C)(C)C)CCO[Si](C)(C)C(C)(C)C)c4nc(cc5ccc2[n-]5)C=C4)C=C3)cc1.[Zn+2].[Zn+2].[Zn+2]. The number of aliphatic hydroxyl groups excluding tert-OH is 2. The molecule has 0 spiro atoms. The molecule has 770 valence electrons. The number of rotatable bonds is 32. The molecule has 18 rings (SSSR count). The molecule has 36 heteroatoms. The number of hydrogen-bond donors (Lipinski definition) is 2.